The van der Waals surface area contributed by atoms with E-state index < -0.39 is 0 Å². The summed E-state index contributed by atoms with van der Waals surface area (Å²) in [5.74, 6) is 0. The Kier molecular flexibility index (Phi) is 5.86. The number of para-hydroxylation sites is 1. The third kappa shape index (κ3) is 4.12. The summed E-state index contributed by atoms with van der Waals surface area (Å²) in [6.45, 7) is 4.68. The second kappa shape index (κ2) is 9.70. The average Bonchev–Trinajstić information content (AvgIpc) is 3.25. The normalized spacial score (nSPS) is 12.9. The van der Waals surface area contributed by atoms with Crippen LogP contribution < -0.4 is 4.90 Å². The lowest BCUT2D eigenvalue weighted by molar-refractivity contribution is 0.660. The van der Waals surface area contributed by atoms with Crippen molar-refractivity contribution >= 4 is 17.1 Å². The van der Waals surface area contributed by atoms with Crippen LogP contribution in [0.15, 0.2) is 152 Å². The van der Waals surface area contributed by atoms with E-state index in [0.717, 1.165) is 11.4 Å². The molecule has 0 heterocycles. The summed E-state index contributed by atoms with van der Waals surface area (Å²) in [7, 11) is 0. The number of nitrogens with zero attached hydrogens (tertiary/aromatic N) is 1. The van der Waals surface area contributed by atoms with E-state index in [4.69, 9.17) is 0 Å². The minimum Gasteiger partial charge on any atom is -0.310 e. The topological polar surface area (TPSA) is 3.24 Å². The van der Waals surface area contributed by atoms with Gasteiger partial charge in [-0.25, -0.2) is 0 Å². The standard InChI is InChI=1S/C39H31N/c1-39(2)37-16-10-9-15-35(37)36-26-25-34(27-38(36)39)40(32-13-7-4-8-14-32)33-23-21-31(22-24-33)30-19-17-29(18-20-30)28-11-5-3-6-12-28/h3-27H,1-2H3. The zero-order chi connectivity index (χ0) is 27.1. The molecule has 1 heteroatoms. The van der Waals surface area contributed by atoms with Gasteiger partial charge in [-0.05, 0) is 80.9 Å². The number of hydrogen-bond acceptors (Lipinski definition) is 1. The highest BCUT2D eigenvalue weighted by Gasteiger charge is 2.35. The van der Waals surface area contributed by atoms with E-state index in [1.54, 1.807) is 0 Å². The van der Waals surface area contributed by atoms with Crippen LogP contribution in [0.1, 0.15) is 25.0 Å². The van der Waals surface area contributed by atoms with E-state index >= 15 is 0 Å². The van der Waals surface area contributed by atoms with Gasteiger partial charge in [0.25, 0.3) is 0 Å². The summed E-state index contributed by atoms with van der Waals surface area (Å²) in [5, 5.41) is 0. The number of fused-ring (bicyclic) bond motifs is 3. The number of benzene rings is 6. The first-order valence-corrected chi connectivity index (χ1v) is 14.0. The van der Waals surface area contributed by atoms with Gasteiger partial charge in [0.2, 0.25) is 0 Å². The van der Waals surface area contributed by atoms with E-state index in [1.165, 1.54) is 50.2 Å². The predicted molar refractivity (Wildman–Crippen MR) is 170 cm³/mol. The summed E-state index contributed by atoms with van der Waals surface area (Å²) >= 11 is 0. The summed E-state index contributed by atoms with van der Waals surface area (Å²) in [6, 6.07) is 54.8. The van der Waals surface area contributed by atoms with Crippen LogP contribution in [0, 0.1) is 0 Å². The van der Waals surface area contributed by atoms with Gasteiger partial charge in [0.05, 0.1) is 0 Å². The van der Waals surface area contributed by atoms with Crippen molar-refractivity contribution in [3.8, 4) is 33.4 Å². The van der Waals surface area contributed by atoms with Gasteiger partial charge in [-0.2, -0.15) is 0 Å². The summed E-state index contributed by atoms with van der Waals surface area (Å²) in [4.78, 5) is 2.36. The Labute approximate surface area is 237 Å². The van der Waals surface area contributed by atoms with Gasteiger partial charge in [-0.15, -0.1) is 0 Å². The molecule has 0 spiro atoms. The van der Waals surface area contributed by atoms with Gasteiger partial charge >= 0.3 is 0 Å². The van der Waals surface area contributed by atoms with Crippen LogP contribution in [0.2, 0.25) is 0 Å². The van der Waals surface area contributed by atoms with Crippen molar-refractivity contribution in [2.45, 2.75) is 19.3 Å². The van der Waals surface area contributed by atoms with Crippen molar-refractivity contribution in [3.05, 3.63) is 163 Å². The molecule has 1 aliphatic rings. The van der Waals surface area contributed by atoms with Crippen LogP contribution in [-0.4, -0.2) is 0 Å². The maximum absolute atomic E-state index is 2.39. The van der Waals surface area contributed by atoms with Crippen molar-refractivity contribution in [3.63, 3.8) is 0 Å². The van der Waals surface area contributed by atoms with E-state index in [0.29, 0.717) is 0 Å². The van der Waals surface area contributed by atoms with Crippen LogP contribution >= 0.6 is 0 Å². The maximum atomic E-state index is 2.39. The molecule has 1 nitrogen and oxygen atoms in total. The first kappa shape index (κ1) is 24.2. The molecule has 0 aromatic heterocycles. The smallest absolute Gasteiger partial charge is 0.0465 e. The summed E-state index contributed by atoms with van der Waals surface area (Å²) in [5.41, 5.74) is 13.8. The Hall–Kier alpha value is -4.88. The molecular formula is C39H31N. The minimum atomic E-state index is -0.0416. The minimum absolute atomic E-state index is 0.0416. The fourth-order valence-corrected chi connectivity index (χ4v) is 6.14. The molecule has 0 amide bonds. The van der Waals surface area contributed by atoms with Gasteiger partial charge in [-0.3, -0.25) is 0 Å². The molecule has 40 heavy (non-hydrogen) atoms. The molecule has 6 aromatic rings. The van der Waals surface area contributed by atoms with Crippen LogP contribution in [0.3, 0.4) is 0 Å². The van der Waals surface area contributed by atoms with Crippen LogP contribution in [-0.2, 0) is 5.41 Å². The second-order valence-corrected chi connectivity index (χ2v) is 11.1. The third-order valence-electron chi connectivity index (χ3n) is 8.29. The van der Waals surface area contributed by atoms with Crippen molar-refractivity contribution < 1.29 is 0 Å². The highest BCUT2D eigenvalue weighted by Crippen LogP contribution is 2.50. The second-order valence-electron chi connectivity index (χ2n) is 11.1. The molecule has 0 saturated carbocycles. The van der Waals surface area contributed by atoms with E-state index in [2.05, 4.69) is 170 Å². The molecule has 0 unspecified atom stereocenters. The first-order chi connectivity index (χ1) is 19.6. The van der Waals surface area contributed by atoms with Gasteiger partial charge in [-0.1, -0.05) is 129 Å². The van der Waals surface area contributed by atoms with Crippen molar-refractivity contribution in [1.29, 1.82) is 0 Å². The molecule has 0 bridgehead atoms. The van der Waals surface area contributed by atoms with E-state index in [1.807, 2.05) is 0 Å². The van der Waals surface area contributed by atoms with Crippen LogP contribution in [0.5, 0.6) is 0 Å². The molecule has 1 aliphatic carbocycles. The molecule has 0 fully saturated rings. The highest BCUT2D eigenvalue weighted by molar-refractivity contribution is 5.86. The molecule has 6 aromatic carbocycles. The van der Waals surface area contributed by atoms with Crippen LogP contribution in [0.25, 0.3) is 33.4 Å². The van der Waals surface area contributed by atoms with Crippen molar-refractivity contribution in [1.82, 2.24) is 0 Å². The first-order valence-electron chi connectivity index (χ1n) is 14.0. The molecular weight excluding hydrogens is 482 g/mol. The highest BCUT2D eigenvalue weighted by atomic mass is 15.1. The predicted octanol–water partition coefficient (Wildman–Crippen LogP) is 10.8. The van der Waals surface area contributed by atoms with Crippen LogP contribution in [0.4, 0.5) is 17.1 Å². The lowest BCUT2D eigenvalue weighted by Gasteiger charge is -2.28. The molecule has 0 N–H and O–H groups in total. The van der Waals surface area contributed by atoms with Gasteiger partial charge in [0.15, 0.2) is 0 Å². The fourth-order valence-electron chi connectivity index (χ4n) is 6.14. The summed E-state index contributed by atoms with van der Waals surface area (Å²) in [6.07, 6.45) is 0. The molecule has 192 valence electrons. The Morgan fingerprint density at radius 3 is 1.48 bits per heavy atom. The summed E-state index contributed by atoms with van der Waals surface area (Å²) < 4.78 is 0. The number of hydrogen-bond donors (Lipinski definition) is 0. The Balaban J connectivity index is 1.26. The maximum Gasteiger partial charge on any atom is 0.0465 e. The fraction of sp³-hybridized carbons (Fsp3) is 0.0769. The Bertz CT molecular complexity index is 1780. The van der Waals surface area contributed by atoms with Crippen molar-refractivity contribution in [2.24, 2.45) is 0 Å². The lowest BCUT2D eigenvalue weighted by atomic mass is 9.82. The molecule has 0 aliphatic heterocycles. The lowest BCUT2D eigenvalue weighted by Crippen LogP contribution is -2.16. The quantitative estimate of drug-likeness (QED) is 0.222. The molecule has 0 saturated heterocycles. The van der Waals surface area contributed by atoms with Crippen molar-refractivity contribution in [2.75, 3.05) is 4.90 Å². The monoisotopic (exact) mass is 513 g/mol. The largest absolute Gasteiger partial charge is 0.310 e. The van der Waals surface area contributed by atoms with Gasteiger partial charge in [0, 0.05) is 22.5 Å². The van der Waals surface area contributed by atoms with Gasteiger partial charge in [0.1, 0.15) is 0 Å². The van der Waals surface area contributed by atoms with E-state index in [-0.39, 0.29) is 5.41 Å². The molecule has 7 rings (SSSR count). The molecule has 0 radical (unpaired) electrons. The molecule has 0 atom stereocenters. The number of anilines is 3. The van der Waals surface area contributed by atoms with E-state index in [9.17, 15) is 0 Å². The SMILES string of the molecule is CC1(C)c2ccccc2-c2ccc(N(c3ccccc3)c3ccc(-c4ccc(-c5ccccc5)cc4)cc3)cc21. The Morgan fingerprint density at radius 2 is 0.825 bits per heavy atom. The third-order valence-corrected chi connectivity index (χ3v) is 8.29. The average molecular weight is 514 g/mol. The zero-order valence-corrected chi connectivity index (χ0v) is 22.9. The van der Waals surface area contributed by atoms with Gasteiger partial charge < -0.3 is 4.90 Å². The zero-order valence-electron chi connectivity index (χ0n) is 22.9. The number of rotatable bonds is 5. The Morgan fingerprint density at radius 1 is 0.375 bits per heavy atom.